The number of likely N-dealkylation sites (N-methyl/N-ethyl adjacent to an activating group) is 1. The molecule has 0 heterocycles. The topological polar surface area (TPSA) is 105 Å². The Morgan fingerprint density at radius 1 is 0.440 bits per heavy atom. The van der Waals surface area contributed by atoms with Crippen molar-refractivity contribution >= 4 is 13.7 Å². The van der Waals surface area contributed by atoms with Crippen LogP contribution in [0.2, 0.25) is 0 Å². The van der Waals surface area contributed by atoms with E-state index >= 15 is 0 Å². The second-order valence-corrected chi connectivity index (χ2v) is 26.0. The second kappa shape index (κ2) is 57.9. The predicted molar refractivity (Wildman–Crippen MR) is 328 cm³/mol. The van der Waals surface area contributed by atoms with Gasteiger partial charge in [0.25, 0.3) is 0 Å². The Morgan fingerprint density at radius 2 is 0.707 bits per heavy atom. The minimum atomic E-state index is -4.34. The normalized spacial score (nSPS) is 13.7. The molecule has 0 rings (SSSR count). The van der Waals surface area contributed by atoms with E-state index in [1.807, 2.05) is 27.2 Å². The highest BCUT2D eigenvalue weighted by Gasteiger charge is 2.28. The molecule has 9 heteroatoms. The number of carbonyl (C=O) groups is 1. The van der Waals surface area contributed by atoms with E-state index < -0.39 is 20.0 Å². The maximum Gasteiger partial charge on any atom is 0.472 e. The number of hydrogen-bond acceptors (Lipinski definition) is 5. The molecule has 0 aromatic carbocycles. The van der Waals surface area contributed by atoms with Crippen molar-refractivity contribution in [3.05, 3.63) is 12.2 Å². The quantitative estimate of drug-likeness (QED) is 0.0243. The number of nitrogens with zero attached hydrogens (tertiary/aromatic N) is 1. The van der Waals surface area contributed by atoms with Gasteiger partial charge in [0.15, 0.2) is 0 Å². The molecule has 0 aliphatic carbocycles. The van der Waals surface area contributed by atoms with Crippen molar-refractivity contribution < 1.29 is 32.9 Å². The lowest BCUT2D eigenvalue weighted by molar-refractivity contribution is -0.870. The molecule has 1 unspecified atom stereocenters. The molecule has 0 aliphatic heterocycles. The van der Waals surface area contributed by atoms with E-state index in [0.29, 0.717) is 17.4 Å². The molecule has 0 radical (unpaired) electrons. The highest BCUT2D eigenvalue weighted by Crippen LogP contribution is 2.43. The molecular formula is C66H134N2O6P+. The summed E-state index contributed by atoms with van der Waals surface area (Å²) in [5, 5.41) is 14.0. The number of rotatable bonds is 63. The average Bonchev–Trinajstić information content (AvgIpc) is 3.37. The minimum Gasteiger partial charge on any atom is -0.387 e. The first-order chi connectivity index (χ1) is 36.5. The third kappa shape index (κ3) is 60.7. The number of quaternary nitrogens is 1. The molecule has 75 heavy (non-hydrogen) atoms. The molecule has 3 N–H and O–H groups in total. The van der Waals surface area contributed by atoms with Crippen LogP contribution in [0, 0.1) is 0 Å². The zero-order valence-electron chi connectivity index (χ0n) is 51.3. The molecule has 0 bridgehead atoms. The van der Waals surface area contributed by atoms with E-state index in [4.69, 9.17) is 9.05 Å². The fourth-order valence-electron chi connectivity index (χ4n) is 10.5. The first-order valence-corrected chi connectivity index (χ1v) is 35.1. The van der Waals surface area contributed by atoms with Gasteiger partial charge in [0.2, 0.25) is 5.91 Å². The summed E-state index contributed by atoms with van der Waals surface area (Å²) in [4.78, 5) is 23.3. The number of aliphatic hydroxyl groups is 1. The molecule has 448 valence electrons. The number of allylic oxidation sites excluding steroid dienone is 1. The fraction of sp³-hybridized carbons (Fsp3) is 0.955. The SMILES string of the molecule is CCCCCCCCCCCCCCCCC/C=C/[C@@H](O)[C@H](COP(=O)(O)OCC[N+](C)(C)C)NC(=O)CCCCCCCCCCCCCCCCCCCCCCCCCCCCCCCCCCCCCC. The number of amides is 1. The molecule has 0 aliphatic rings. The summed E-state index contributed by atoms with van der Waals surface area (Å²) in [5.41, 5.74) is 0. The predicted octanol–water partition coefficient (Wildman–Crippen LogP) is 20.9. The van der Waals surface area contributed by atoms with E-state index in [1.165, 1.54) is 302 Å². The number of phosphoric acid groups is 1. The fourth-order valence-corrected chi connectivity index (χ4v) is 11.3. The Hall–Kier alpha value is -0.760. The van der Waals surface area contributed by atoms with Crippen molar-refractivity contribution in [3.63, 3.8) is 0 Å². The molecular weight excluding hydrogens is 948 g/mol. The summed E-state index contributed by atoms with van der Waals surface area (Å²) in [6.45, 7) is 4.87. The van der Waals surface area contributed by atoms with E-state index in [2.05, 4.69) is 19.2 Å². The molecule has 0 aromatic rings. The van der Waals surface area contributed by atoms with Crippen LogP contribution in [-0.4, -0.2) is 73.4 Å². The van der Waals surface area contributed by atoms with Crippen LogP contribution in [0.4, 0.5) is 0 Å². The number of phosphoric ester groups is 1. The van der Waals surface area contributed by atoms with Crippen LogP contribution >= 0.6 is 7.82 Å². The summed E-state index contributed by atoms with van der Waals surface area (Å²) in [6, 6.07) is -0.842. The standard InChI is InChI=1S/C66H133N2O6P/c1-6-8-10-12-14-16-18-20-22-24-25-26-27-28-29-30-31-32-33-34-35-36-37-38-39-40-41-42-44-46-48-50-52-54-56-58-60-66(70)67-64(63-74-75(71,72)73-62-61-68(3,4)5)65(69)59-57-55-53-51-49-47-45-43-23-21-19-17-15-13-11-9-7-2/h57,59,64-65,69H,6-56,58,60-63H2,1-5H3,(H-,67,70,71,72)/p+1/b59-57+/t64-,65+/m0/s1. The van der Waals surface area contributed by atoms with Gasteiger partial charge in [0.05, 0.1) is 39.9 Å². The van der Waals surface area contributed by atoms with Crippen molar-refractivity contribution in [1.82, 2.24) is 5.32 Å². The highest BCUT2D eigenvalue weighted by atomic mass is 31.2. The average molecular weight is 1080 g/mol. The largest absolute Gasteiger partial charge is 0.472 e. The lowest BCUT2D eigenvalue weighted by Gasteiger charge is -2.25. The summed E-state index contributed by atoms with van der Waals surface area (Å²) in [5.74, 6) is -0.168. The molecule has 0 saturated carbocycles. The van der Waals surface area contributed by atoms with Gasteiger partial charge in [-0.25, -0.2) is 4.57 Å². The van der Waals surface area contributed by atoms with Crippen LogP contribution in [0.15, 0.2) is 12.2 Å². The van der Waals surface area contributed by atoms with Crippen molar-refractivity contribution in [2.24, 2.45) is 0 Å². The lowest BCUT2D eigenvalue weighted by atomic mass is 10.0. The van der Waals surface area contributed by atoms with Crippen LogP contribution in [0.1, 0.15) is 354 Å². The minimum absolute atomic E-state index is 0.0653. The van der Waals surface area contributed by atoms with Crippen LogP contribution < -0.4 is 5.32 Å². The van der Waals surface area contributed by atoms with Gasteiger partial charge in [-0.15, -0.1) is 0 Å². The van der Waals surface area contributed by atoms with E-state index in [-0.39, 0.29) is 19.1 Å². The van der Waals surface area contributed by atoms with Gasteiger partial charge in [0.1, 0.15) is 13.2 Å². The van der Waals surface area contributed by atoms with Crippen LogP contribution in [0.25, 0.3) is 0 Å². The molecule has 0 aromatic heterocycles. The smallest absolute Gasteiger partial charge is 0.387 e. The Balaban J connectivity index is 3.92. The maximum absolute atomic E-state index is 13.0. The molecule has 3 atom stereocenters. The zero-order chi connectivity index (χ0) is 54.9. The monoisotopic (exact) mass is 1080 g/mol. The number of nitrogens with one attached hydrogen (secondary N) is 1. The van der Waals surface area contributed by atoms with Crippen LogP contribution in [0.3, 0.4) is 0 Å². The highest BCUT2D eigenvalue weighted by molar-refractivity contribution is 7.47. The summed E-state index contributed by atoms with van der Waals surface area (Å²) >= 11 is 0. The van der Waals surface area contributed by atoms with Crippen molar-refractivity contribution in [2.45, 2.75) is 366 Å². The van der Waals surface area contributed by atoms with Crippen LogP contribution in [0.5, 0.6) is 0 Å². The summed E-state index contributed by atoms with van der Waals surface area (Å²) in [7, 11) is 1.59. The van der Waals surface area contributed by atoms with Gasteiger partial charge in [-0.3, -0.25) is 13.8 Å². The third-order valence-electron chi connectivity index (χ3n) is 15.8. The van der Waals surface area contributed by atoms with Gasteiger partial charge >= 0.3 is 7.82 Å². The van der Waals surface area contributed by atoms with Crippen molar-refractivity contribution in [2.75, 3.05) is 40.9 Å². The van der Waals surface area contributed by atoms with Gasteiger partial charge in [-0.1, -0.05) is 341 Å². The number of aliphatic hydroxyl groups excluding tert-OH is 1. The van der Waals surface area contributed by atoms with Crippen molar-refractivity contribution in [3.8, 4) is 0 Å². The van der Waals surface area contributed by atoms with Crippen molar-refractivity contribution in [1.29, 1.82) is 0 Å². The molecule has 0 saturated heterocycles. The number of unbranched alkanes of at least 4 members (excludes halogenated alkanes) is 50. The molecule has 8 nitrogen and oxygen atoms in total. The molecule has 1 amide bonds. The number of carbonyl (C=O) groups excluding carboxylic acids is 1. The van der Waals surface area contributed by atoms with Gasteiger partial charge in [0, 0.05) is 6.42 Å². The van der Waals surface area contributed by atoms with Crippen LogP contribution in [-0.2, 0) is 18.4 Å². The van der Waals surface area contributed by atoms with Gasteiger partial charge in [-0.05, 0) is 19.3 Å². The lowest BCUT2D eigenvalue weighted by Crippen LogP contribution is -2.45. The second-order valence-electron chi connectivity index (χ2n) is 24.6. The van der Waals surface area contributed by atoms with E-state index in [1.54, 1.807) is 6.08 Å². The third-order valence-corrected chi connectivity index (χ3v) is 16.7. The van der Waals surface area contributed by atoms with E-state index in [0.717, 1.165) is 32.1 Å². The molecule has 0 fully saturated rings. The van der Waals surface area contributed by atoms with Gasteiger partial charge in [-0.2, -0.15) is 0 Å². The Morgan fingerprint density at radius 3 is 0.987 bits per heavy atom. The summed E-state index contributed by atoms with van der Waals surface area (Å²) < 4.78 is 23.8. The first-order valence-electron chi connectivity index (χ1n) is 33.6. The first kappa shape index (κ1) is 74.2. The Bertz CT molecular complexity index is 1230. The van der Waals surface area contributed by atoms with Gasteiger partial charge < -0.3 is 19.8 Å². The Kier molecular flexibility index (Phi) is 57.3. The van der Waals surface area contributed by atoms with E-state index in [9.17, 15) is 19.4 Å². The zero-order valence-corrected chi connectivity index (χ0v) is 52.2. The number of hydrogen-bond donors (Lipinski definition) is 3. The summed E-state index contributed by atoms with van der Waals surface area (Å²) in [6.07, 6.45) is 73.6. The molecule has 0 spiro atoms. The maximum atomic E-state index is 13.0. The Labute approximate surface area is 469 Å².